The third kappa shape index (κ3) is 2.51. The molecular weight excluding hydrogens is 214 g/mol. The van der Waals surface area contributed by atoms with Gasteiger partial charge in [-0.2, -0.15) is 5.10 Å². The van der Waals surface area contributed by atoms with Crippen molar-refractivity contribution in [3.63, 3.8) is 0 Å². The Morgan fingerprint density at radius 3 is 2.41 bits per heavy atom. The number of hydrogen-bond acceptors (Lipinski definition) is 2. The highest BCUT2D eigenvalue weighted by Crippen LogP contribution is 2.22. The lowest BCUT2D eigenvalue weighted by Crippen LogP contribution is -2.43. The zero-order valence-corrected chi connectivity index (χ0v) is 11.1. The van der Waals surface area contributed by atoms with Gasteiger partial charge in [-0.25, -0.2) is 0 Å². The van der Waals surface area contributed by atoms with Crippen molar-refractivity contribution in [1.29, 1.82) is 0 Å². The highest BCUT2D eigenvalue weighted by molar-refractivity contribution is 5.92. The molecule has 2 atom stereocenters. The van der Waals surface area contributed by atoms with Crippen molar-refractivity contribution in [3.05, 3.63) is 17.5 Å². The first kappa shape index (κ1) is 12.1. The molecule has 1 amide bonds. The van der Waals surface area contributed by atoms with Crippen molar-refractivity contribution in [2.24, 2.45) is 18.9 Å². The van der Waals surface area contributed by atoms with Crippen molar-refractivity contribution >= 4 is 5.91 Å². The van der Waals surface area contributed by atoms with Crippen LogP contribution in [0.4, 0.5) is 0 Å². The summed E-state index contributed by atoms with van der Waals surface area (Å²) in [6.45, 7) is 8.08. The Balaban J connectivity index is 2.17. The molecule has 0 aliphatic carbocycles. The van der Waals surface area contributed by atoms with Crippen LogP contribution in [0, 0.1) is 18.8 Å². The van der Waals surface area contributed by atoms with Crippen LogP contribution in [0.2, 0.25) is 0 Å². The van der Waals surface area contributed by atoms with Crippen molar-refractivity contribution in [2.75, 3.05) is 13.1 Å². The number of carbonyl (C=O) groups excluding carboxylic acids is 1. The Hall–Kier alpha value is -1.32. The summed E-state index contributed by atoms with van der Waals surface area (Å²) in [5.74, 6) is 1.31. The molecule has 0 spiro atoms. The molecule has 17 heavy (non-hydrogen) atoms. The summed E-state index contributed by atoms with van der Waals surface area (Å²) in [6.07, 6.45) is 1.22. The lowest BCUT2D eigenvalue weighted by atomic mass is 9.92. The van der Waals surface area contributed by atoms with Crippen LogP contribution in [-0.4, -0.2) is 33.7 Å². The second-order valence-corrected chi connectivity index (χ2v) is 5.45. The van der Waals surface area contributed by atoms with Crippen LogP contribution in [0.3, 0.4) is 0 Å². The van der Waals surface area contributed by atoms with E-state index in [2.05, 4.69) is 18.9 Å². The minimum absolute atomic E-state index is 0.117. The number of aromatic nitrogens is 2. The number of amides is 1. The van der Waals surface area contributed by atoms with Gasteiger partial charge in [0, 0.05) is 20.1 Å². The van der Waals surface area contributed by atoms with Gasteiger partial charge in [0.15, 0.2) is 0 Å². The topological polar surface area (TPSA) is 38.1 Å². The SMILES string of the molecule is Cc1cc(C(=O)N2C[C@H](C)C[C@H](C)C2)n(C)n1. The average molecular weight is 235 g/mol. The second-order valence-electron chi connectivity index (χ2n) is 5.45. The zero-order valence-electron chi connectivity index (χ0n) is 11.1. The van der Waals surface area contributed by atoms with Crippen molar-refractivity contribution in [3.8, 4) is 0 Å². The molecule has 0 N–H and O–H groups in total. The molecule has 4 heteroatoms. The fourth-order valence-electron chi connectivity index (χ4n) is 2.80. The zero-order chi connectivity index (χ0) is 12.6. The molecule has 1 fully saturated rings. The van der Waals surface area contributed by atoms with E-state index < -0.39 is 0 Å². The lowest BCUT2D eigenvalue weighted by molar-refractivity contribution is 0.0612. The predicted molar refractivity (Wildman–Crippen MR) is 66.8 cm³/mol. The van der Waals surface area contributed by atoms with Crippen LogP contribution in [-0.2, 0) is 7.05 Å². The van der Waals surface area contributed by atoms with E-state index in [1.807, 2.05) is 24.9 Å². The number of aryl methyl sites for hydroxylation is 2. The molecule has 2 rings (SSSR count). The first-order chi connectivity index (χ1) is 7.97. The molecule has 1 aliphatic heterocycles. The first-order valence-electron chi connectivity index (χ1n) is 6.27. The molecular formula is C13H21N3O. The largest absolute Gasteiger partial charge is 0.337 e. The van der Waals surface area contributed by atoms with E-state index in [1.165, 1.54) is 6.42 Å². The summed E-state index contributed by atoms with van der Waals surface area (Å²) in [6, 6.07) is 1.87. The van der Waals surface area contributed by atoms with Gasteiger partial charge in [0.25, 0.3) is 5.91 Å². The molecule has 0 bridgehead atoms. The summed E-state index contributed by atoms with van der Waals surface area (Å²) in [5, 5.41) is 4.23. The van der Waals surface area contributed by atoms with E-state index in [0.717, 1.165) is 18.8 Å². The number of carbonyl (C=O) groups is 1. The maximum absolute atomic E-state index is 12.4. The first-order valence-corrected chi connectivity index (χ1v) is 6.27. The van der Waals surface area contributed by atoms with Gasteiger partial charge in [0.05, 0.1) is 5.69 Å². The Labute approximate surface area is 103 Å². The minimum Gasteiger partial charge on any atom is -0.337 e. The van der Waals surface area contributed by atoms with Crippen molar-refractivity contribution in [2.45, 2.75) is 27.2 Å². The lowest BCUT2D eigenvalue weighted by Gasteiger charge is -2.34. The normalized spacial score (nSPS) is 25.1. The van der Waals surface area contributed by atoms with Gasteiger partial charge in [-0.1, -0.05) is 13.8 Å². The van der Waals surface area contributed by atoms with Gasteiger partial charge in [-0.15, -0.1) is 0 Å². The van der Waals surface area contributed by atoms with Gasteiger partial charge in [0.2, 0.25) is 0 Å². The number of hydrogen-bond donors (Lipinski definition) is 0. The molecule has 2 heterocycles. The van der Waals surface area contributed by atoms with Gasteiger partial charge in [-0.05, 0) is 31.2 Å². The Morgan fingerprint density at radius 2 is 1.94 bits per heavy atom. The van der Waals surface area contributed by atoms with E-state index >= 15 is 0 Å². The number of rotatable bonds is 1. The molecule has 94 valence electrons. The quantitative estimate of drug-likeness (QED) is 0.745. The van der Waals surface area contributed by atoms with Gasteiger partial charge >= 0.3 is 0 Å². The Morgan fingerprint density at radius 1 is 1.35 bits per heavy atom. The summed E-state index contributed by atoms with van der Waals surface area (Å²) in [5.41, 5.74) is 1.60. The molecule has 0 saturated carbocycles. The Bertz CT molecular complexity index is 414. The van der Waals surface area contributed by atoms with Crippen molar-refractivity contribution < 1.29 is 4.79 Å². The van der Waals surface area contributed by atoms with Crippen LogP contribution in [0.15, 0.2) is 6.07 Å². The third-order valence-corrected chi connectivity index (χ3v) is 3.38. The molecule has 1 aromatic rings. The maximum atomic E-state index is 12.4. The average Bonchev–Trinajstić information content (AvgIpc) is 2.55. The standard InChI is InChI=1S/C13H21N3O/c1-9-5-10(2)8-16(7-9)13(17)12-6-11(3)14-15(12)4/h6,9-10H,5,7-8H2,1-4H3/t9-,10+. The van der Waals surface area contributed by atoms with E-state index in [0.29, 0.717) is 17.5 Å². The fraction of sp³-hybridized carbons (Fsp3) is 0.692. The highest BCUT2D eigenvalue weighted by Gasteiger charge is 2.27. The maximum Gasteiger partial charge on any atom is 0.272 e. The van der Waals surface area contributed by atoms with Crippen LogP contribution >= 0.6 is 0 Å². The van der Waals surface area contributed by atoms with Gasteiger partial charge in [-0.3, -0.25) is 9.48 Å². The Kier molecular flexibility index (Phi) is 3.22. The number of likely N-dealkylation sites (tertiary alicyclic amines) is 1. The van der Waals surface area contributed by atoms with E-state index in [4.69, 9.17) is 0 Å². The van der Waals surface area contributed by atoms with Crippen molar-refractivity contribution in [1.82, 2.24) is 14.7 Å². The molecule has 0 aromatic carbocycles. The van der Waals surface area contributed by atoms with Crippen LogP contribution in [0.5, 0.6) is 0 Å². The second kappa shape index (κ2) is 4.51. The van der Waals surface area contributed by atoms with Crippen LogP contribution in [0.1, 0.15) is 36.5 Å². The summed E-state index contributed by atoms with van der Waals surface area (Å²) in [7, 11) is 1.83. The van der Waals surface area contributed by atoms with Gasteiger partial charge in [0.1, 0.15) is 5.69 Å². The molecule has 0 unspecified atom stereocenters. The van der Waals surface area contributed by atoms with Crippen LogP contribution in [0.25, 0.3) is 0 Å². The monoisotopic (exact) mass is 235 g/mol. The summed E-state index contributed by atoms with van der Waals surface area (Å²) in [4.78, 5) is 14.4. The highest BCUT2D eigenvalue weighted by atomic mass is 16.2. The molecule has 1 aliphatic rings. The predicted octanol–water partition coefficient (Wildman–Crippen LogP) is 1.85. The van der Waals surface area contributed by atoms with E-state index in [9.17, 15) is 4.79 Å². The van der Waals surface area contributed by atoms with Gasteiger partial charge < -0.3 is 4.90 Å². The summed E-state index contributed by atoms with van der Waals surface area (Å²) >= 11 is 0. The van der Waals surface area contributed by atoms with E-state index in [1.54, 1.807) is 4.68 Å². The summed E-state index contributed by atoms with van der Waals surface area (Å²) < 4.78 is 1.68. The fourth-order valence-corrected chi connectivity index (χ4v) is 2.80. The minimum atomic E-state index is 0.117. The smallest absolute Gasteiger partial charge is 0.272 e. The molecule has 1 saturated heterocycles. The number of nitrogens with zero attached hydrogens (tertiary/aromatic N) is 3. The molecule has 1 aromatic heterocycles. The van der Waals surface area contributed by atoms with Crippen LogP contribution < -0.4 is 0 Å². The van der Waals surface area contributed by atoms with E-state index in [-0.39, 0.29) is 5.91 Å². The molecule has 0 radical (unpaired) electrons. The third-order valence-electron chi connectivity index (χ3n) is 3.38. The number of piperidine rings is 1. The molecule has 4 nitrogen and oxygen atoms in total.